The summed E-state index contributed by atoms with van der Waals surface area (Å²) >= 11 is 5.14. The van der Waals surface area contributed by atoms with Gasteiger partial charge >= 0.3 is 0 Å². The molecule has 1 atom stereocenters. The Kier molecular flexibility index (Phi) is 5.56. The zero-order valence-corrected chi connectivity index (χ0v) is 14.1. The van der Waals surface area contributed by atoms with Gasteiger partial charge in [-0.25, -0.2) is 0 Å². The van der Waals surface area contributed by atoms with Crippen molar-refractivity contribution < 1.29 is 9.53 Å². The zero-order valence-electron chi connectivity index (χ0n) is 13.3. The van der Waals surface area contributed by atoms with Gasteiger partial charge in [-0.2, -0.15) is 0 Å². The van der Waals surface area contributed by atoms with Gasteiger partial charge in [-0.3, -0.25) is 10.1 Å². The molecular formula is C19H20N2O2S. The topological polar surface area (TPSA) is 50.4 Å². The molecule has 3 rings (SSSR count). The van der Waals surface area contributed by atoms with Gasteiger partial charge in [-0.05, 0) is 47.5 Å². The first-order valence-corrected chi connectivity index (χ1v) is 8.49. The minimum atomic E-state index is -0.243. The normalized spacial score (nSPS) is 17.2. The molecule has 1 aliphatic heterocycles. The van der Waals surface area contributed by atoms with Crippen LogP contribution in [0.4, 0.5) is 0 Å². The quantitative estimate of drug-likeness (QED) is 0.663. The molecule has 0 spiro atoms. The molecule has 5 heteroatoms. The number of nitrogens with one attached hydrogen (secondary N) is 2. The Morgan fingerprint density at radius 2 is 2.08 bits per heavy atom. The molecule has 24 heavy (non-hydrogen) atoms. The lowest BCUT2D eigenvalue weighted by Gasteiger charge is -2.12. The maximum atomic E-state index is 12.0. The molecule has 2 aromatic carbocycles. The van der Waals surface area contributed by atoms with E-state index in [1.165, 1.54) is 6.08 Å². The molecule has 1 saturated heterocycles. The second kappa shape index (κ2) is 8.04. The molecule has 124 valence electrons. The van der Waals surface area contributed by atoms with Crippen molar-refractivity contribution in [2.24, 2.45) is 0 Å². The van der Waals surface area contributed by atoms with Crippen LogP contribution < -0.4 is 10.6 Å². The van der Waals surface area contributed by atoms with Gasteiger partial charge in [0.2, 0.25) is 5.91 Å². The second-order valence-electron chi connectivity index (χ2n) is 5.74. The fourth-order valence-electron chi connectivity index (χ4n) is 2.77. The molecule has 1 heterocycles. The lowest BCUT2D eigenvalue weighted by molar-refractivity contribution is -0.115. The van der Waals surface area contributed by atoms with Crippen molar-refractivity contribution >= 4 is 40.1 Å². The summed E-state index contributed by atoms with van der Waals surface area (Å²) in [5.74, 6) is -0.243. The van der Waals surface area contributed by atoms with Crippen molar-refractivity contribution in [1.82, 2.24) is 10.6 Å². The molecule has 1 aliphatic rings. The van der Waals surface area contributed by atoms with E-state index in [2.05, 4.69) is 22.8 Å². The van der Waals surface area contributed by atoms with Crippen LogP contribution >= 0.6 is 12.2 Å². The predicted molar refractivity (Wildman–Crippen MR) is 101 cm³/mol. The monoisotopic (exact) mass is 340 g/mol. The third-order valence-electron chi connectivity index (χ3n) is 3.99. The number of benzene rings is 2. The number of thiocarbonyl (C=S) groups is 1. The van der Waals surface area contributed by atoms with E-state index in [0.29, 0.717) is 11.7 Å². The highest BCUT2D eigenvalue weighted by atomic mass is 32.1. The van der Waals surface area contributed by atoms with E-state index in [4.69, 9.17) is 17.0 Å². The summed E-state index contributed by atoms with van der Waals surface area (Å²) in [6, 6.07) is 14.1. The molecule has 2 aromatic rings. The lowest BCUT2D eigenvalue weighted by Crippen LogP contribution is -2.41. The maximum Gasteiger partial charge on any atom is 0.250 e. The lowest BCUT2D eigenvalue weighted by atomic mass is 10.0. The first kappa shape index (κ1) is 16.6. The van der Waals surface area contributed by atoms with Gasteiger partial charge in [0.25, 0.3) is 0 Å². The number of carbonyl (C=O) groups excluding carboxylic acids is 1. The van der Waals surface area contributed by atoms with E-state index >= 15 is 0 Å². The molecule has 0 radical (unpaired) electrons. The minimum Gasteiger partial charge on any atom is -0.376 e. The van der Waals surface area contributed by atoms with E-state index < -0.39 is 0 Å². The Balaban J connectivity index is 1.55. The SMILES string of the molecule is O=C(/C=C/c1cccc2ccccc12)NC(=S)NCC1CCCO1. The molecule has 0 aliphatic carbocycles. The number of fused-ring (bicyclic) bond motifs is 1. The average molecular weight is 340 g/mol. The standard InChI is InChI=1S/C19H20N2O2S/c22-18(21-19(24)20-13-16-8-4-12-23-16)11-10-15-7-3-6-14-5-1-2-9-17(14)15/h1-3,5-7,9-11,16H,4,8,12-13H2,(H2,20,21,22,24)/b11-10+. The van der Waals surface area contributed by atoms with Crippen LogP contribution in [0.5, 0.6) is 0 Å². The van der Waals surface area contributed by atoms with Gasteiger partial charge in [0, 0.05) is 19.2 Å². The molecule has 1 unspecified atom stereocenters. The number of rotatable bonds is 4. The van der Waals surface area contributed by atoms with Crippen molar-refractivity contribution in [1.29, 1.82) is 0 Å². The summed E-state index contributed by atoms with van der Waals surface area (Å²) in [4.78, 5) is 12.0. The van der Waals surface area contributed by atoms with Crippen molar-refractivity contribution in [2.45, 2.75) is 18.9 Å². The Morgan fingerprint density at radius 3 is 2.92 bits per heavy atom. The van der Waals surface area contributed by atoms with Gasteiger partial charge in [-0.15, -0.1) is 0 Å². The largest absolute Gasteiger partial charge is 0.376 e. The summed E-state index contributed by atoms with van der Waals surface area (Å²) in [7, 11) is 0. The fourth-order valence-corrected chi connectivity index (χ4v) is 2.95. The Labute approximate surface area is 146 Å². The van der Waals surface area contributed by atoms with E-state index in [-0.39, 0.29) is 12.0 Å². The zero-order chi connectivity index (χ0) is 16.8. The van der Waals surface area contributed by atoms with E-state index in [0.717, 1.165) is 35.8 Å². The first-order chi connectivity index (χ1) is 11.7. The summed E-state index contributed by atoms with van der Waals surface area (Å²) in [5, 5.41) is 8.28. The van der Waals surface area contributed by atoms with Crippen LogP contribution in [0.1, 0.15) is 18.4 Å². The maximum absolute atomic E-state index is 12.0. The first-order valence-electron chi connectivity index (χ1n) is 8.08. The minimum absolute atomic E-state index is 0.186. The molecule has 0 aromatic heterocycles. The molecule has 1 amide bonds. The number of carbonyl (C=O) groups is 1. The highest BCUT2D eigenvalue weighted by Crippen LogP contribution is 2.19. The molecule has 0 saturated carbocycles. The van der Waals surface area contributed by atoms with Crippen molar-refractivity contribution in [3.05, 3.63) is 54.1 Å². The average Bonchev–Trinajstić information content (AvgIpc) is 3.11. The number of ether oxygens (including phenoxy) is 1. The van der Waals surface area contributed by atoms with Gasteiger partial charge < -0.3 is 10.1 Å². The smallest absolute Gasteiger partial charge is 0.250 e. The molecule has 4 nitrogen and oxygen atoms in total. The van der Waals surface area contributed by atoms with Crippen LogP contribution in [0.2, 0.25) is 0 Å². The van der Waals surface area contributed by atoms with E-state index in [1.54, 1.807) is 6.08 Å². The number of hydrogen-bond donors (Lipinski definition) is 2. The van der Waals surface area contributed by atoms with Gasteiger partial charge in [0.15, 0.2) is 5.11 Å². The van der Waals surface area contributed by atoms with Crippen LogP contribution in [0.3, 0.4) is 0 Å². The van der Waals surface area contributed by atoms with Gasteiger partial charge in [0.05, 0.1) is 6.10 Å². The summed E-state index contributed by atoms with van der Waals surface area (Å²) in [6.45, 7) is 1.44. The Hall–Kier alpha value is -2.24. The van der Waals surface area contributed by atoms with Crippen molar-refractivity contribution in [3.63, 3.8) is 0 Å². The van der Waals surface area contributed by atoms with Crippen LogP contribution in [0.25, 0.3) is 16.8 Å². The van der Waals surface area contributed by atoms with E-state index in [9.17, 15) is 4.79 Å². The number of hydrogen-bond acceptors (Lipinski definition) is 3. The van der Waals surface area contributed by atoms with Crippen LogP contribution in [0, 0.1) is 0 Å². The highest BCUT2D eigenvalue weighted by Gasteiger charge is 2.15. The summed E-state index contributed by atoms with van der Waals surface area (Å²) < 4.78 is 5.51. The van der Waals surface area contributed by atoms with Crippen LogP contribution in [0.15, 0.2) is 48.5 Å². The third kappa shape index (κ3) is 4.40. The summed E-state index contributed by atoms with van der Waals surface area (Å²) in [6.07, 6.45) is 5.61. The van der Waals surface area contributed by atoms with Crippen molar-refractivity contribution in [3.8, 4) is 0 Å². The highest BCUT2D eigenvalue weighted by molar-refractivity contribution is 7.80. The molecule has 1 fully saturated rings. The molecular weight excluding hydrogens is 320 g/mol. The van der Waals surface area contributed by atoms with Gasteiger partial charge in [0.1, 0.15) is 0 Å². The summed E-state index contributed by atoms with van der Waals surface area (Å²) in [5.41, 5.74) is 1.00. The Morgan fingerprint density at radius 1 is 1.25 bits per heavy atom. The van der Waals surface area contributed by atoms with Crippen LogP contribution in [-0.4, -0.2) is 30.3 Å². The number of amides is 1. The fraction of sp³-hybridized carbons (Fsp3) is 0.263. The molecule has 2 N–H and O–H groups in total. The van der Waals surface area contributed by atoms with Crippen molar-refractivity contribution in [2.75, 3.05) is 13.2 Å². The Bertz CT molecular complexity index is 762. The van der Waals surface area contributed by atoms with Gasteiger partial charge in [-0.1, -0.05) is 42.5 Å². The molecule has 0 bridgehead atoms. The van der Waals surface area contributed by atoms with Crippen LogP contribution in [-0.2, 0) is 9.53 Å². The third-order valence-corrected chi connectivity index (χ3v) is 4.24. The van der Waals surface area contributed by atoms with E-state index in [1.807, 2.05) is 30.3 Å². The predicted octanol–water partition coefficient (Wildman–Crippen LogP) is 3.02. The second-order valence-corrected chi connectivity index (χ2v) is 6.14.